The fraction of sp³-hybridized carbons (Fsp3) is 0.474. The number of morpholine rings is 1. The maximum absolute atomic E-state index is 11.4. The molecule has 0 radical (unpaired) electrons. The topological polar surface area (TPSA) is 124 Å². The maximum atomic E-state index is 11.4. The molecule has 4 N–H and O–H groups in total. The van der Waals surface area contributed by atoms with Gasteiger partial charge in [0.15, 0.2) is 5.82 Å². The fourth-order valence-corrected chi connectivity index (χ4v) is 4.31. The number of nitrogens with two attached hydrogens (primary N) is 1. The number of para-hydroxylation sites is 2. The van der Waals surface area contributed by atoms with Crippen LogP contribution in [0.4, 0.5) is 0 Å². The van der Waals surface area contributed by atoms with Gasteiger partial charge in [-0.25, -0.2) is 9.97 Å². The van der Waals surface area contributed by atoms with Crippen LogP contribution in [0.1, 0.15) is 36.8 Å². The second-order valence-electron chi connectivity index (χ2n) is 7.50. The quantitative estimate of drug-likeness (QED) is 0.614. The second kappa shape index (κ2) is 6.99. The van der Waals surface area contributed by atoms with Crippen molar-refractivity contribution >= 4 is 16.9 Å². The highest BCUT2D eigenvalue weighted by Crippen LogP contribution is 2.35. The van der Waals surface area contributed by atoms with E-state index in [2.05, 4.69) is 25.4 Å². The summed E-state index contributed by atoms with van der Waals surface area (Å²) in [7, 11) is 0. The Bertz CT molecular complexity index is 978. The summed E-state index contributed by atoms with van der Waals surface area (Å²) >= 11 is 0. The molecule has 9 nitrogen and oxygen atoms in total. The molecule has 146 valence electrons. The average molecular weight is 381 g/mol. The van der Waals surface area contributed by atoms with Gasteiger partial charge in [-0.1, -0.05) is 12.1 Å². The Balaban J connectivity index is 1.52. The molecular formula is C19H23N7O2. The molecule has 1 amide bonds. The number of hydrogen-bond acceptors (Lipinski definition) is 6. The van der Waals surface area contributed by atoms with E-state index < -0.39 is 5.91 Å². The van der Waals surface area contributed by atoms with Crippen LogP contribution in [0.15, 0.2) is 24.3 Å². The number of carbonyl (C=O) groups is 1. The third-order valence-electron chi connectivity index (χ3n) is 5.58. The van der Waals surface area contributed by atoms with Crippen molar-refractivity contribution in [2.45, 2.75) is 43.7 Å². The van der Waals surface area contributed by atoms with E-state index in [0.29, 0.717) is 17.8 Å². The number of nitrogens with one attached hydrogen (secondary N) is 2. The van der Waals surface area contributed by atoms with E-state index in [1.807, 2.05) is 24.3 Å². The maximum Gasteiger partial charge on any atom is 0.230 e. The molecule has 28 heavy (non-hydrogen) atoms. The van der Waals surface area contributed by atoms with Gasteiger partial charge in [-0.15, -0.1) is 5.10 Å². The van der Waals surface area contributed by atoms with Crippen molar-refractivity contribution in [3.05, 3.63) is 35.9 Å². The minimum Gasteiger partial charge on any atom is -0.375 e. The van der Waals surface area contributed by atoms with Crippen molar-refractivity contribution in [2.24, 2.45) is 5.73 Å². The lowest BCUT2D eigenvalue weighted by atomic mass is 9.82. The molecule has 3 heterocycles. The molecule has 3 atom stereocenters. The van der Waals surface area contributed by atoms with Gasteiger partial charge >= 0.3 is 0 Å². The van der Waals surface area contributed by atoms with Crippen LogP contribution >= 0.6 is 0 Å². The fourth-order valence-electron chi connectivity index (χ4n) is 4.31. The molecule has 1 aromatic carbocycles. The van der Waals surface area contributed by atoms with E-state index in [0.717, 1.165) is 49.3 Å². The molecule has 2 aromatic heterocycles. The molecular weight excluding hydrogens is 358 g/mol. The number of imidazole rings is 1. The first-order valence-corrected chi connectivity index (χ1v) is 9.71. The number of H-pyrrole nitrogens is 1. The summed E-state index contributed by atoms with van der Waals surface area (Å²) in [4.78, 5) is 24.1. The normalized spacial score (nSPS) is 24.9. The van der Waals surface area contributed by atoms with E-state index in [4.69, 9.17) is 10.5 Å². The number of ether oxygens (including phenoxy) is 1. The number of fused-ring (bicyclic) bond motifs is 2. The van der Waals surface area contributed by atoms with Gasteiger partial charge in [0.25, 0.3) is 0 Å². The third-order valence-corrected chi connectivity index (χ3v) is 5.58. The first-order valence-electron chi connectivity index (χ1n) is 9.71. The van der Waals surface area contributed by atoms with Gasteiger partial charge < -0.3 is 20.8 Å². The van der Waals surface area contributed by atoms with Crippen LogP contribution in [-0.2, 0) is 16.0 Å². The minimum atomic E-state index is -0.445. The van der Waals surface area contributed by atoms with Crippen LogP contribution in [-0.4, -0.2) is 55.9 Å². The van der Waals surface area contributed by atoms with Crippen molar-refractivity contribution in [1.29, 1.82) is 0 Å². The summed E-state index contributed by atoms with van der Waals surface area (Å²) in [5, 5.41) is 8.11. The lowest BCUT2D eigenvalue weighted by Crippen LogP contribution is -2.51. The van der Waals surface area contributed by atoms with Crippen LogP contribution < -0.4 is 11.1 Å². The standard InChI is InChI=1S/C19H23N7O2/c20-16(27)10-17-24-18(11-5-6-15-14(9-11)21-7-8-28-15)26(25-17)19-22-12-3-1-2-4-13(12)23-19/h1-4,11,14-15,21H,5-10H2,(H2,20,27)(H,22,23)/t11-,14+,15+/m0/s1. The summed E-state index contributed by atoms with van der Waals surface area (Å²) in [5.74, 6) is 1.62. The Kier molecular flexibility index (Phi) is 4.33. The number of aromatic amines is 1. The first kappa shape index (κ1) is 17.3. The number of aromatic nitrogens is 5. The zero-order valence-corrected chi connectivity index (χ0v) is 15.5. The number of primary amides is 1. The lowest BCUT2D eigenvalue weighted by molar-refractivity contribution is -0.117. The van der Waals surface area contributed by atoms with Crippen LogP contribution in [0.25, 0.3) is 17.0 Å². The Morgan fingerprint density at radius 2 is 2.18 bits per heavy atom. The highest BCUT2D eigenvalue weighted by molar-refractivity contribution is 5.76. The smallest absolute Gasteiger partial charge is 0.230 e. The molecule has 1 aliphatic carbocycles. The van der Waals surface area contributed by atoms with Crippen molar-refractivity contribution < 1.29 is 9.53 Å². The zero-order chi connectivity index (χ0) is 19.1. The predicted octanol–water partition coefficient (Wildman–Crippen LogP) is 0.796. The molecule has 5 rings (SSSR count). The largest absolute Gasteiger partial charge is 0.375 e. The molecule has 0 bridgehead atoms. The summed E-state index contributed by atoms with van der Waals surface area (Å²) in [6.07, 6.45) is 3.12. The third kappa shape index (κ3) is 3.16. The molecule has 1 saturated heterocycles. The van der Waals surface area contributed by atoms with Crippen molar-refractivity contribution in [1.82, 2.24) is 30.0 Å². The van der Waals surface area contributed by atoms with Gasteiger partial charge in [0.1, 0.15) is 5.82 Å². The number of rotatable bonds is 4. The first-order chi connectivity index (χ1) is 13.7. The van der Waals surface area contributed by atoms with Gasteiger partial charge in [-0.2, -0.15) is 4.68 Å². The van der Waals surface area contributed by atoms with E-state index in [-0.39, 0.29) is 18.4 Å². The van der Waals surface area contributed by atoms with Crippen molar-refractivity contribution in [3.63, 3.8) is 0 Å². The molecule has 2 fully saturated rings. The van der Waals surface area contributed by atoms with Crippen LogP contribution in [0, 0.1) is 0 Å². The number of carbonyl (C=O) groups excluding carboxylic acids is 1. The van der Waals surface area contributed by atoms with E-state index in [1.54, 1.807) is 4.68 Å². The Morgan fingerprint density at radius 1 is 1.29 bits per heavy atom. The lowest BCUT2D eigenvalue weighted by Gasteiger charge is -2.39. The van der Waals surface area contributed by atoms with Crippen molar-refractivity contribution in [2.75, 3.05) is 13.2 Å². The van der Waals surface area contributed by atoms with Gasteiger partial charge in [0.2, 0.25) is 11.9 Å². The second-order valence-corrected chi connectivity index (χ2v) is 7.50. The van der Waals surface area contributed by atoms with Gasteiger partial charge in [0, 0.05) is 18.5 Å². The van der Waals surface area contributed by atoms with E-state index >= 15 is 0 Å². The Hall–Kier alpha value is -2.78. The SMILES string of the molecule is NC(=O)Cc1nc([C@H]2CC[C@H]3OCCN[C@@H]3C2)n(-c2nc3ccccc3[nH]2)n1. The highest BCUT2D eigenvalue weighted by atomic mass is 16.5. The molecule has 1 saturated carbocycles. The highest BCUT2D eigenvalue weighted by Gasteiger charge is 2.36. The summed E-state index contributed by atoms with van der Waals surface area (Å²) in [6, 6.07) is 8.14. The number of hydrogen-bond donors (Lipinski definition) is 3. The molecule has 9 heteroatoms. The predicted molar refractivity (Wildman–Crippen MR) is 102 cm³/mol. The molecule has 1 aliphatic heterocycles. The van der Waals surface area contributed by atoms with Crippen LogP contribution in [0.3, 0.4) is 0 Å². The van der Waals surface area contributed by atoms with E-state index in [9.17, 15) is 4.79 Å². The average Bonchev–Trinajstić information content (AvgIpc) is 3.31. The summed E-state index contributed by atoms with van der Waals surface area (Å²) < 4.78 is 7.64. The van der Waals surface area contributed by atoms with Crippen LogP contribution in [0.5, 0.6) is 0 Å². The minimum absolute atomic E-state index is 0.0142. The zero-order valence-electron chi connectivity index (χ0n) is 15.5. The molecule has 2 aliphatic rings. The summed E-state index contributed by atoms with van der Waals surface area (Å²) in [5.41, 5.74) is 7.17. The van der Waals surface area contributed by atoms with E-state index in [1.165, 1.54) is 0 Å². The number of nitrogens with zero attached hydrogens (tertiary/aromatic N) is 4. The molecule has 0 unspecified atom stereocenters. The molecule has 3 aromatic rings. The van der Waals surface area contributed by atoms with Gasteiger partial charge in [-0.05, 0) is 31.4 Å². The number of amides is 1. The Labute approximate surface area is 161 Å². The number of benzene rings is 1. The Morgan fingerprint density at radius 3 is 3.04 bits per heavy atom. The monoisotopic (exact) mass is 381 g/mol. The van der Waals surface area contributed by atoms with Gasteiger partial charge in [0.05, 0.1) is 30.2 Å². The van der Waals surface area contributed by atoms with Gasteiger partial charge in [-0.3, -0.25) is 4.79 Å². The summed E-state index contributed by atoms with van der Waals surface area (Å²) in [6.45, 7) is 1.64. The molecule has 0 spiro atoms. The van der Waals surface area contributed by atoms with Crippen molar-refractivity contribution in [3.8, 4) is 5.95 Å². The van der Waals surface area contributed by atoms with Crippen LogP contribution in [0.2, 0.25) is 0 Å².